The minimum Gasteiger partial charge on any atom is -0.386 e. The highest BCUT2D eigenvalue weighted by Gasteiger charge is 2.26. The minimum atomic E-state index is -1.14. The largest absolute Gasteiger partial charge is 0.386 e. The predicted molar refractivity (Wildman–Crippen MR) is 137 cm³/mol. The van der Waals surface area contributed by atoms with E-state index in [1.165, 1.54) is 19.3 Å². The van der Waals surface area contributed by atoms with Crippen molar-refractivity contribution in [2.24, 2.45) is 5.92 Å². The Balaban J connectivity index is 1.66. The molecular weight excluding hydrogens is 424 g/mol. The second-order valence-corrected chi connectivity index (χ2v) is 11.3. The first-order chi connectivity index (χ1) is 16.0. The standard InChI is InChI=1S/C28H38N4O2/c1-7-18-11-13-20(14-12-18)32-17-19-15-24(21(28(5,6)34)16-23(19)31-32)30-26(33)22-9-8-10-25(29-22)27(2,3)4/h8-10,15-18,20,34H,7,11-14H2,1-6H3,(H,30,33). The number of nitrogens with one attached hydrogen (secondary N) is 1. The molecule has 6 heteroatoms. The van der Waals surface area contributed by atoms with Crippen LogP contribution in [0.25, 0.3) is 10.9 Å². The van der Waals surface area contributed by atoms with E-state index >= 15 is 0 Å². The Bertz CT molecular complexity index is 1180. The van der Waals surface area contributed by atoms with Gasteiger partial charge in [0.25, 0.3) is 5.91 Å². The number of nitrogens with zero attached hydrogens (tertiary/aromatic N) is 3. The van der Waals surface area contributed by atoms with Crippen LogP contribution in [0.3, 0.4) is 0 Å². The van der Waals surface area contributed by atoms with Crippen molar-refractivity contribution in [1.29, 1.82) is 0 Å². The molecule has 2 heterocycles. The second kappa shape index (κ2) is 9.14. The van der Waals surface area contributed by atoms with Gasteiger partial charge in [-0.1, -0.05) is 40.2 Å². The molecule has 0 spiro atoms. The number of anilines is 1. The number of aliphatic hydroxyl groups is 1. The van der Waals surface area contributed by atoms with Gasteiger partial charge in [-0.25, -0.2) is 4.98 Å². The van der Waals surface area contributed by atoms with Crippen LogP contribution in [0, 0.1) is 5.92 Å². The van der Waals surface area contributed by atoms with Crippen LogP contribution in [0.1, 0.15) is 101 Å². The Morgan fingerprint density at radius 1 is 1.12 bits per heavy atom. The highest BCUT2D eigenvalue weighted by Crippen LogP contribution is 2.36. The number of fused-ring (bicyclic) bond motifs is 1. The molecule has 1 aromatic carbocycles. The van der Waals surface area contributed by atoms with Crippen molar-refractivity contribution in [3.8, 4) is 0 Å². The van der Waals surface area contributed by atoms with Crippen molar-refractivity contribution in [2.75, 3.05) is 5.32 Å². The number of pyridine rings is 1. The summed E-state index contributed by atoms with van der Waals surface area (Å²) in [7, 11) is 0. The maximum absolute atomic E-state index is 13.1. The van der Waals surface area contributed by atoms with Crippen molar-refractivity contribution >= 4 is 22.5 Å². The fourth-order valence-electron chi connectivity index (χ4n) is 4.87. The summed E-state index contributed by atoms with van der Waals surface area (Å²) in [5.41, 5.74) is 1.98. The van der Waals surface area contributed by atoms with E-state index < -0.39 is 5.60 Å². The molecule has 4 rings (SSSR count). The van der Waals surface area contributed by atoms with E-state index in [1.807, 2.05) is 24.3 Å². The van der Waals surface area contributed by atoms with Gasteiger partial charge in [-0.15, -0.1) is 0 Å². The van der Waals surface area contributed by atoms with Crippen LogP contribution in [0.5, 0.6) is 0 Å². The zero-order valence-corrected chi connectivity index (χ0v) is 21.4. The van der Waals surface area contributed by atoms with E-state index in [9.17, 15) is 9.90 Å². The molecule has 0 saturated heterocycles. The lowest BCUT2D eigenvalue weighted by Gasteiger charge is -2.27. The lowest BCUT2D eigenvalue weighted by molar-refractivity contribution is 0.0793. The summed E-state index contributed by atoms with van der Waals surface area (Å²) < 4.78 is 2.09. The molecule has 0 atom stereocenters. The molecule has 34 heavy (non-hydrogen) atoms. The Kier molecular flexibility index (Phi) is 6.56. The Morgan fingerprint density at radius 2 is 1.82 bits per heavy atom. The van der Waals surface area contributed by atoms with Crippen LogP contribution in [0.15, 0.2) is 36.5 Å². The van der Waals surface area contributed by atoms with Crippen molar-refractivity contribution in [2.45, 2.75) is 90.7 Å². The molecule has 1 saturated carbocycles. The molecule has 1 aliphatic carbocycles. The average molecular weight is 463 g/mol. The molecule has 3 aromatic rings. The molecule has 0 bridgehead atoms. The van der Waals surface area contributed by atoms with Gasteiger partial charge >= 0.3 is 0 Å². The first kappa shape index (κ1) is 24.4. The quantitative estimate of drug-likeness (QED) is 0.463. The van der Waals surface area contributed by atoms with Crippen molar-refractivity contribution in [3.63, 3.8) is 0 Å². The number of aromatic nitrogens is 3. The van der Waals surface area contributed by atoms with Gasteiger partial charge in [0, 0.05) is 33.9 Å². The van der Waals surface area contributed by atoms with Crippen molar-refractivity contribution in [3.05, 3.63) is 53.5 Å². The summed E-state index contributed by atoms with van der Waals surface area (Å²) in [6.07, 6.45) is 8.10. The Morgan fingerprint density at radius 3 is 2.44 bits per heavy atom. The van der Waals surface area contributed by atoms with E-state index in [1.54, 1.807) is 19.9 Å². The summed E-state index contributed by atoms with van der Waals surface area (Å²) >= 11 is 0. The fourth-order valence-corrected chi connectivity index (χ4v) is 4.87. The highest BCUT2D eigenvalue weighted by atomic mass is 16.3. The van der Waals surface area contributed by atoms with E-state index in [0.29, 0.717) is 23.0 Å². The van der Waals surface area contributed by atoms with E-state index in [-0.39, 0.29) is 11.3 Å². The van der Waals surface area contributed by atoms with Crippen LogP contribution in [0.4, 0.5) is 5.69 Å². The summed E-state index contributed by atoms with van der Waals surface area (Å²) in [5, 5.41) is 19.7. The predicted octanol–water partition coefficient (Wildman–Crippen LogP) is 6.35. The van der Waals surface area contributed by atoms with Gasteiger partial charge < -0.3 is 10.4 Å². The molecule has 1 fully saturated rings. The number of carbonyl (C=O) groups excluding carboxylic acids is 1. The van der Waals surface area contributed by atoms with Crippen molar-refractivity contribution in [1.82, 2.24) is 14.8 Å². The summed E-state index contributed by atoms with van der Waals surface area (Å²) in [5.74, 6) is 0.538. The van der Waals surface area contributed by atoms with Gasteiger partial charge in [0.05, 0.1) is 17.2 Å². The zero-order chi connectivity index (χ0) is 24.7. The van der Waals surface area contributed by atoms with Crippen LogP contribution in [0.2, 0.25) is 0 Å². The van der Waals surface area contributed by atoms with Gasteiger partial charge in [0.2, 0.25) is 0 Å². The lowest BCUT2D eigenvalue weighted by Crippen LogP contribution is -2.22. The zero-order valence-electron chi connectivity index (χ0n) is 21.4. The van der Waals surface area contributed by atoms with Gasteiger partial charge in [0.15, 0.2) is 0 Å². The number of benzene rings is 1. The number of amides is 1. The molecule has 2 aromatic heterocycles. The lowest BCUT2D eigenvalue weighted by atomic mass is 9.85. The topological polar surface area (TPSA) is 80.0 Å². The molecular formula is C28H38N4O2. The van der Waals surface area contributed by atoms with Gasteiger partial charge in [-0.2, -0.15) is 5.10 Å². The first-order valence-electron chi connectivity index (χ1n) is 12.5. The third-order valence-electron chi connectivity index (χ3n) is 7.09. The van der Waals surface area contributed by atoms with Crippen LogP contribution >= 0.6 is 0 Å². The van der Waals surface area contributed by atoms with E-state index in [2.05, 4.69) is 48.9 Å². The van der Waals surface area contributed by atoms with Gasteiger partial charge in [-0.05, 0) is 69.7 Å². The van der Waals surface area contributed by atoms with E-state index in [4.69, 9.17) is 5.10 Å². The number of carbonyl (C=O) groups is 1. The number of hydrogen-bond donors (Lipinski definition) is 2. The molecule has 0 radical (unpaired) electrons. The third-order valence-corrected chi connectivity index (χ3v) is 7.09. The normalized spacial score (nSPS) is 19.4. The Labute approximate surface area is 202 Å². The maximum atomic E-state index is 13.1. The summed E-state index contributed by atoms with van der Waals surface area (Å²) in [6, 6.07) is 9.75. The highest BCUT2D eigenvalue weighted by molar-refractivity contribution is 6.04. The smallest absolute Gasteiger partial charge is 0.274 e. The summed E-state index contributed by atoms with van der Waals surface area (Å²) in [6.45, 7) is 11.9. The fraction of sp³-hybridized carbons (Fsp3) is 0.536. The summed E-state index contributed by atoms with van der Waals surface area (Å²) in [4.78, 5) is 17.7. The van der Waals surface area contributed by atoms with Gasteiger partial charge in [0.1, 0.15) is 5.69 Å². The van der Waals surface area contributed by atoms with Crippen LogP contribution < -0.4 is 5.32 Å². The van der Waals surface area contributed by atoms with Crippen molar-refractivity contribution < 1.29 is 9.90 Å². The maximum Gasteiger partial charge on any atom is 0.274 e. The number of rotatable bonds is 5. The monoisotopic (exact) mass is 462 g/mol. The SMILES string of the molecule is CCC1CCC(n2cc3cc(NC(=O)c4cccc(C(C)(C)C)n4)c(C(C)(C)O)cc3n2)CC1. The minimum absolute atomic E-state index is 0.154. The second-order valence-electron chi connectivity index (χ2n) is 11.3. The Hall–Kier alpha value is -2.73. The van der Waals surface area contributed by atoms with Crippen LogP contribution in [-0.2, 0) is 11.0 Å². The molecule has 6 nitrogen and oxygen atoms in total. The molecule has 0 aliphatic heterocycles. The van der Waals surface area contributed by atoms with Crippen LogP contribution in [-0.4, -0.2) is 25.8 Å². The first-order valence-corrected chi connectivity index (χ1v) is 12.5. The molecule has 2 N–H and O–H groups in total. The third kappa shape index (κ3) is 5.17. The van der Waals surface area contributed by atoms with Gasteiger partial charge in [-0.3, -0.25) is 9.48 Å². The number of hydrogen-bond acceptors (Lipinski definition) is 4. The molecule has 1 amide bonds. The molecule has 1 aliphatic rings. The average Bonchev–Trinajstić information content (AvgIpc) is 3.20. The molecule has 0 unspecified atom stereocenters. The van der Waals surface area contributed by atoms with E-state index in [0.717, 1.165) is 35.4 Å². The molecule has 182 valence electrons.